The number of hydrogen-bond acceptors (Lipinski definition) is 2. The molecule has 0 saturated carbocycles. The third-order valence-electron chi connectivity index (χ3n) is 1.77. The maximum atomic E-state index is 5.77. The van der Waals surface area contributed by atoms with Crippen molar-refractivity contribution in [2.75, 3.05) is 0 Å². The molecule has 68 valence electrons. The van der Waals surface area contributed by atoms with E-state index in [1.807, 2.05) is 0 Å². The maximum Gasteiger partial charge on any atom is 0.0581 e. The predicted octanol–water partition coefficient (Wildman–Crippen LogP) is 4.69. The van der Waals surface area contributed by atoms with Crippen LogP contribution in [0.3, 0.4) is 0 Å². The van der Waals surface area contributed by atoms with E-state index < -0.39 is 0 Å². The zero-order chi connectivity index (χ0) is 9.42. The van der Waals surface area contributed by atoms with Crippen LogP contribution < -0.4 is 0 Å². The highest BCUT2D eigenvalue weighted by molar-refractivity contribution is 9.10. The van der Waals surface area contributed by atoms with Gasteiger partial charge in [-0.2, -0.15) is 0 Å². The molecule has 1 aromatic carbocycles. The molecule has 0 fully saturated rings. The molecule has 2 rings (SSSR count). The van der Waals surface area contributed by atoms with Crippen LogP contribution in [0.4, 0.5) is 0 Å². The molecular weight excluding hydrogens is 288 g/mol. The molecule has 0 atom stereocenters. The van der Waals surface area contributed by atoms with Crippen LogP contribution in [0.15, 0.2) is 26.9 Å². The standard InChI is InChI=1S/C9H6BrClS2/c10-7-2-5(4-11)1-6-3-8(12)13-9(6)7/h1-3,12H,4H2. The van der Waals surface area contributed by atoms with Crippen LogP contribution in [-0.2, 0) is 5.88 Å². The second-order valence-corrected chi connectivity index (χ2v) is 5.67. The van der Waals surface area contributed by atoms with Crippen molar-refractivity contribution in [1.82, 2.24) is 0 Å². The van der Waals surface area contributed by atoms with Gasteiger partial charge in [-0.25, -0.2) is 0 Å². The number of halogens is 2. The summed E-state index contributed by atoms with van der Waals surface area (Å²) in [5.41, 5.74) is 1.13. The first-order chi connectivity index (χ1) is 6.20. The van der Waals surface area contributed by atoms with Crippen molar-refractivity contribution in [2.24, 2.45) is 0 Å². The Morgan fingerprint density at radius 3 is 2.85 bits per heavy atom. The highest BCUT2D eigenvalue weighted by Gasteiger charge is 2.04. The lowest BCUT2D eigenvalue weighted by atomic mass is 10.2. The number of hydrogen-bond donors (Lipinski definition) is 1. The molecule has 1 heterocycles. The third kappa shape index (κ3) is 1.89. The first-order valence-electron chi connectivity index (χ1n) is 3.67. The number of fused-ring (bicyclic) bond motifs is 1. The van der Waals surface area contributed by atoms with Gasteiger partial charge >= 0.3 is 0 Å². The Hall–Kier alpha value is 0.300. The molecule has 0 N–H and O–H groups in total. The van der Waals surface area contributed by atoms with Gasteiger partial charge < -0.3 is 0 Å². The Balaban J connectivity index is 2.75. The average Bonchev–Trinajstić information content (AvgIpc) is 2.46. The van der Waals surface area contributed by atoms with Gasteiger partial charge in [-0.05, 0) is 45.1 Å². The summed E-state index contributed by atoms with van der Waals surface area (Å²) in [4.78, 5) is 0. The topological polar surface area (TPSA) is 0 Å². The Morgan fingerprint density at radius 1 is 1.38 bits per heavy atom. The number of thiol groups is 1. The maximum absolute atomic E-state index is 5.77. The third-order valence-corrected chi connectivity index (χ3v) is 4.36. The van der Waals surface area contributed by atoms with Crippen molar-refractivity contribution in [3.63, 3.8) is 0 Å². The summed E-state index contributed by atoms with van der Waals surface area (Å²) in [5, 5.41) is 1.21. The quantitative estimate of drug-likeness (QED) is 0.572. The van der Waals surface area contributed by atoms with Crippen LogP contribution in [0.5, 0.6) is 0 Å². The average molecular weight is 294 g/mol. The second kappa shape index (κ2) is 3.81. The van der Waals surface area contributed by atoms with Crippen molar-refractivity contribution in [3.8, 4) is 0 Å². The van der Waals surface area contributed by atoms with Crippen LogP contribution in [0, 0.1) is 0 Å². The molecule has 0 spiro atoms. The summed E-state index contributed by atoms with van der Waals surface area (Å²) in [7, 11) is 0. The lowest BCUT2D eigenvalue weighted by molar-refractivity contribution is 1.42. The van der Waals surface area contributed by atoms with E-state index in [9.17, 15) is 0 Å². The molecule has 13 heavy (non-hydrogen) atoms. The fraction of sp³-hybridized carbons (Fsp3) is 0.111. The van der Waals surface area contributed by atoms with Gasteiger partial charge in [0.2, 0.25) is 0 Å². The fourth-order valence-electron chi connectivity index (χ4n) is 1.23. The van der Waals surface area contributed by atoms with Crippen molar-refractivity contribution >= 4 is 61.6 Å². The van der Waals surface area contributed by atoms with Gasteiger partial charge in [-0.3, -0.25) is 0 Å². The molecule has 0 aliphatic rings. The van der Waals surface area contributed by atoms with Crippen LogP contribution in [-0.4, -0.2) is 0 Å². The Labute approximate surface area is 99.4 Å². The van der Waals surface area contributed by atoms with Crippen molar-refractivity contribution in [3.05, 3.63) is 28.2 Å². The molecule has 0 aliphatic carbocycles. The molecular formula is C9H6BrClS2. The van der Waals surface area contributed by atoms with Crippen LogP contribution in [0.1, 0.15) is 5.56 Å². The van der Waals surface area contributed by atoms with Gasteiger partial charge in [-0.15, -0.1) is 35.6 Å². The number of rotatable bonds is 1. The number of alkyl halides is 1. The fourth-order valence-corrected chi connectivity index (χ4v) is 3.35. The minimum Gasteiger partial charge on any atom is -0.133 e. The first kappa shape index (κ1) is 9.84. The molecule has 0 aliphatic heterocycles. The summed E-state index contributed by atoms with van der Waals surface area (Å²) in [5.74, 6) is 0.548. The lowest BCUT2D eigenvalue weighted by Crippen LogP contribution is -1.76. The molecule has 0 radical (unpaired) electrons. The Morgan fingerprint density at radius 2 is 2.15 bits per heavy atom. The van der Waals surface area contributed by atoms with E-state index in [0.29, 0.717) is 5.88 Å². The van der Waals surface area contributed by atoms with Crippen molar-refractivity contribution in [1.29, 1.82) is 0 Å². The van der Waals surface area contributed by atoms with E-state index in [4.69, 9.17) is 11.6 Å². The molecule has 0 bridgehead atoms. The van der Waals surface area contributed by atoms with Gasteiger partial charge in [-0.1, -0.05) is 0 Å². The lowest BCUT2D eigenvalue weighted by Gasteiger charge is -1.97. The highest BCUT2D eigenvalue weighted by Crippen LogP contribution is 2.35. The van der Waals surface area contributed by atoms with E-state index in [1.54, 1.807) is 11.3 Å². The molecule has 0 saturated heterocycles. The summed E-state index contributed by atoms with van der Waals surface area (Å²) >= 11 is 15.3. The molecule has 0 unspecified atom stereocenters. The molecule has 1 aromatic heterocycles. The van der Waals surface area contributed by atoms with E-state index >= 15 is 0 Å². The molecule has 0 amide bonds. The zero-order valence-electron chi connectivity index (χ0n) is 6.55. The van der Waals surface area contributed by atoms with Gasteiger partial charge in [0, 0.05) is 15.1 Å². The minimum absolute atomic E-state index is 0.548. The van der Waals surface area contributed by atoms with E-state index in [1.165, 1.54) is 10.1 Å². The van der Waals surface area contributed by atoms with E-state index in [2.05, 4.69) is 46.8 Å². The van der Waals surface area contributed by atoms with Gasteiger partial charge in [0.1, 0.15) is 0 Å². The monoisotopic (exact) mass is 292 g/mol. The predicted molar refractivity (Wildman–Crippen MR) is 66.3 cm³/mol. The molecule has 4 heteroatoms. The van der Waals surface area contributed by atoms with Crippen LogP contribution >= 0.6 is 51.5 Å². The first-order valence-corrected chi connectivity index (χ1v) is 6.26. The largest absolute Gasteiger partial charge is 0.133 e. The van der Waals surface area contributed by atoms with Crippen molar-refractivity contribution < 1.29 is 0 Å². The van der Waals surface area contributed by atoms with E-state index in [0.717, 1.165) is 14.2 Å². The van der Waals surface area contributed by atoms with Crippen LogP contribution in [0.2, 0.25) is 0 Å². The zero-order valence-corrected chi connectivity index (χ0v) is 10.6. The highest BCUT2D eigenvalue weighted by atomic mass is 79.9. The normalized spacial score (nSPS) is 11.0. The van der Waals surface area contributed by atoms with Crippen LogP contribution in [0.25, 0.3) is 10.1 Å². The Kier molecular flexibility index (Phi) is 2.88. The Bertz CT molecular complexity index is 450. The summed E-state index contributed by atoms with van der Waals surface area (Å²) in [6.07, 6.45) is 0. The number of thiophene rings is 1. The van der Waals surface area contributed by atoms with Crippen molar-refractivity contribution in [2.45, 2.75) is 10.1 Å². The van der Waals surface area contributed by atoms with Gasteiger partial charge in [0.15, 0.2) is 0 Å². The van der Waals surface area contributed by atoms with Gasteiger partial charge in [0.05, 0.1) is 4.21 Å². The second-order valence-electron chi connectivity index (χ2n) is 2.71. The molecule has 0 nitrogen and oxygen atoms in total. The van der Waals surface area contributed by atoms with Gasteiger partial charge in [0.25, 0.3) is 0 Å². The smallest absolute Gasteiger partial charge is 0.0581 e. The minimum atomic E-state index is 0.548. The van der Waals surface area contributed by atoms with E-state index in [-0.39, 0.29) is 0 Å². The summed E-state index contributed by atoms with van der Waals surface area (Å²) in [6, 6.07) is 6.21. The number of benzene rings is 1. The summed E-state index contributed by atoms with van der Waals surface area (Å²) in [6.45, 7) is 0. The SMILES string of the molecule is Sc1cc2cc(CCl)cc(Br)c2s1. The molecule has 2 aromatic rings. The summed E-state index contributed by atoms with van der Waals surface area (Å²) < 4.78 is 3.37.